The van der Waals surface area contributed by atoms with Crippen LogP contribution in [0.4, 0.5) is 4.39 Å². The molecule has 2 aromatic heterocycles. The van der Waals surface area contributed by atoms with Gasteiger partial charge in [0, 0.05) is 29.2 Å². The molecule has 0 saturated heterocycles. The van der Waals surface area contributed by atoms with Crippen LogP contribution in [0.3, 0.4) is 0 Å². The molecule has 27 heavy (non-hydrogen) atoms. The zero-order valence-corrected chi connectivity index (χ0v) is 14.5. The maximum atomic E-state index is 12.7. The second-order valence-electron chi connectivity index (χ2n) is 6.21. The van der Waals surface area contributed by atoms with Gasteiger partial charge in [-0.25, -0.2) is 18.4 Å². The van der Waals surface area contributed by atoms with Gasteiger partial charge >= 0.3 is 5.69 Å². The molecule has 136 valence electrons. The molecule has 4 aromatic rings. The molecular formula is C20H18FN5O. The number of hydrogen-bond donors (Lipinski definition) is 2. The topological polar surface area (TPSA) is 81.6 Å². The van der Waals surface area contributed by atoms with E-state index in [1.165, 1.54) is 15.6 Å². The van der Waals surface area contributed by atoms with E-state index in [9.17, 15) is 9.18 Å². The van der Waals surface area contributed by atoms with E-state index in [-0.39, 0.29) is 18.8 Å². The van der Waals surface area contributed by atoms with Gasteiger partial charge in [-0.3, -0.25) is 0 Å². The van der Waals surface area contributed by atoms with Crippen molar-refractivity contribution < 1.29 is 4.39 Å². The lowest BCUT2D eigenvalue weighted by molar-refractivity contribution is 0.612. The molecule has 0 fully saturated rings. The Kier molecular flexibility index (Phi) is 4.43. The quantitative estimate of drug-likeness (QED) is 0.572. The summed E-state index contributed by atoms with van der Waals surface area (Å²) in [4.78, 5) is 15.9. The highest BCUT2D eigenvalue weighted by Crippen LogP contribution is 2.29. The van der Waals surface area contributed by atoms with Crippen LogP contribution in [0.1, 0.15) is 0 Å². The van der Waals surface area contributed by atoms with Crippen molar-refractivity contribution in [1.82, 2.24) is 19.3 Å². The molecule has 3 N–H and O–H groups in total. The highest BCUT2D eigenvalue weighted by molar-refractivity contribution is 5.95. The average Bonchev–Trinajstić information content (AvgIpc) is 3.30. The molecule has 0 aliphatic carbocycles. The second kappa shape index (κ2) is 7.05. The Morgan fingerprint density at radius 3 is 2.89 bits per heavy atom. The number of nitrogens with two attached hydrogens (primary N) is 1. The number of hydrogen-bond acceptors (Lipinski definition) is 3. The molecule has 0 atom stereocenters. The largest absolute Gasteiger partial charge is 0.361 e. The summed E-state index contributed by atoms with van der Waals surface area (Å²) in [6, 6.07) is 15.7. The van der Waals surface area contributed by atoms with E-state index in [1.807, 2.05) is 48.7 Å². The predicted molar refractivity (Wildman–Crippen MR) is 103 cm³/mol. The zero-order valence-electron chi connectivity index (χ0n) is 14.5. The first-order valence-corrected chi connectivity index (χ1v) is 8.51. The number of benzene rings is 2. The fraction of sp³-hybridized carbons (Fsp3) is 0.100. The first-order valence-electron chi connectivity index (χ1n) is 8.51. The summed E-state index contributed by atoms with van der Waals surface area (Å²) in [7, 11) is 0. The fourth-order valence-corrected chi connectivity index (χ4v) is 3.09. The molecule has 0 amide bonds. The van der Waals surface area contributed by atoms with Gasteiger partial charge in [0.1, 0.15) is 6.33 Å². The number of halogens is 1. The number of nitrogens with zero attached hydrogens (tertiary/aromatic N) is 3. The van der Waals surface area contributed by atoms with E-state index < -0.39 is 0 Å². The molecule has 0 saturated carbocycles. The summed E-state index contributed by atoms with van der Waals surface area (Å²) in [6.45, 7) is 0.0623. The number of rotatable bonds is 5. The monoisotopic (exact) mass is 363 g/mol. The van der Waals surface area contributed by atoms with Crippen molar-refractivity contribution in [2.75, 3.05) is 6.54 Å². The highest BCUT2D eigenvalue weighted by Gasteiger charge is 2.11. The van der Waals surface area contributed by atoms with Crippen molar-refractivity contribution in [3.8, 4) is 16.8 Å². The van der Waals surface area contributed by atoms with Gasteiger partial charge in [-0.2, -0.15) is 5.10 Å². The smallest absolute Gasteiger partial charge is 0.350 e. The number of fused-ring (bicyclic) bond motifs is 1. The Bertz CT molecular complexity index is 1180. The van der Waals surface area contributed by atoms with Gasteiger partial charge in [-0.15, -0.1) is 0 Å². The molecule has 6 nitrogen and oxygen atoms in total. The summed E-state index contributed by atoms with van der Waals surface area (Å²) >= 11 is 0. The van der Waals surface area contributed by atoms with Crippen LogP contribution in [0.25, 0.3) is 27.7 Å². The van der Waals surface area contributed by atoms with E-state index in [0.717, 1.165) is 22.0 Å². The molecule has 0 aliphatic rings. The lowest BCUT2D eigenvalue weighted by Crippen LogP contribution is -2.25. The lowest BCUT2D eigenvalue weighted by Gasteiger charge is -2.05. The summed E-state index contributed by atoms with van der Waals surface area (Å²) in [6.07, 6.45) is 3.81. The predicted octanol–water partition coefficient (Wildman–Crippen LogP) is 2.99. The van der Waals surface area contributed by atoms with Gasteiger partial charge in [0.2, 0.25) is 0 Å². The highest BCUT2D eigenvalue weighted by atomic mass is 19.1. The first-order chi connectivity index (χ1) is 13.2. The summed E-state index contributed by atoms with van der Waals surface area (Å²) < 4.78 is 15.4. The lowest BCUT2D eigenvalue weighted by atomic mass is 10.0. The fourth-order valence-electron chi connectivity index (χ4n) is 3.09. The van der Waals surface area contributed by atoms with Gasteiger partial charge in [-0.1, -0.05) is 30.3 Å². The van der Waals surface area contributed by atoms with Crippen molar-refractivity contribution >= 4 is 10.9 Å². The molecule has 0 radical (unpaired) electrons. The molecule has 0 unspecified atom stereocenters. The van der Waals surface area contributed by atoms with Crippen LogP contribution in [0, 0.1) is 0 Å². The van der Waals surface area contributed by atoms with Crippen LogP contribution in [0.15, 0.2) is 77.8 Å². The van der Waals surface area contributed by atoms with Crippen LogP contribution in [-0.2, 0) is 6.54 Å². The van der Waals surface area contributed by atoms with Crippen LogP contribution < -0.4 is 11.4 Å². The third-order valence-electron chi connectivity index (χ3n) is 4.53. The second-order valence-corrected chi connectivity index (χ2v) is 6.21. The standard InChI is InChI=1S/C20H18FN5O/c21-9-14(10-22)12-26-20(27)25(13-24-26)16-5-3-4-15(8-16)18-11-23-19-7-2-1-6-17(18)19/h1-9,11,13,23H,10,12,22H2/b14-9+. The van der Waals surface area contributed by atoms with Crippen molar-refractivity contribution in [3.05, 3.63) is 83.4 Å². The van der Waals surface area contributed by atoms with E-state index in [1.54, 1.807) is 0 Å². The molecule has 4 rings (SSSR count). The van der Waals surface area contributed by atoms with Crippen molar-refractivity contribution in [2.45, 2.75) is 6.54 Å². The number of aromatic amines is 1. The van der Waals surface area contributed by atoms with Gasteiger partial charge < -0.3 is 10.7 Å². The Balaban J connectivity index is 1.74. The number of para-hydroxylation sites is 1. The minimum absolute atomic E-state index is 0.0287. The maximum absolute atomic E-state index is 12.7. The van der Waals surface area contributed by atoms with E-state index in [2.05, 4.69) is 16.1 Å². The number of aromatic nitrogens is 4. The summed E-state index contributed by atoms with van der Waals surface area (Å²) in [5.74, 6) is 0. The molecule has 0 bridgehead atoms. The summed E-state index contributed by atoms with van der Waals surface area (Å²) in [5, 5.41) is 5.18. The Morgan fingerprint density at radius 1 is 1.22 bits per heavy atom. The maximum Gasteiger partial charge on any atom is 0.350 e. The van der Waals surface area contributed by atoms with Crippen LogP contribution in [-0.4, -0.2) is 25.9 Å². The third-order valence-corrected chi connectivity index (χ3v) is 4.53. The molecule has 0 aliphatic heterocycles. The van der Waals surface area contributed by atoms with E-state index in [4.69, 9.17) is 5.73 Å². The van der Waals surface area contributed by atoms with Crippen LogP contribution in [0.2, 0.25) is 0 Å². The Labute approximate surface area is 154 Å². The van der Waals surface area contributed by atoms with Crippen LogP contribution >= 0.6 is 0 Å². The minimum Gasteiger partial charge on any atom is -0.361 e. The van der Waals surface area contributed by atoms with Crippen molar-refractivity contribution in [1.29, 1.82) is 0 Å². The Hall–Kier alpha value is -3.45. The first kappa shape index (κ1) is 17.0. The number of H-pyrrole nitrogens is 1. The SMILES string of the molecule is NC/C(=C\F)Cn1ncn(-c2cccc(-c3c[nH]c4ccccc34)c2)c1=O. The molecule has 0 spiro atoms. The Morgan fingerprint density at radius 2 is 2.07 bits per heavy atom. The van der Waals surface area contributed by atoms with Gasteiger partial charge in [0.15, 0.2) is 0 Å². The molecular weight excluding hydrogens is 345 g/mol. The van der Waals surface area contributed by atoms with Gasteiger partial charge in [-0.05, 0) is 29.3 Å². The normalized spacial score (nSPS) is 12.0. The third kappa shape index (κ3) is 3.09. The molecule has 2 aromatic carbocycles. The van der Waals surface area contributed by atoms with E-state index in [0.29, 0.717) is 17.6 Å². The number of nitrogens with one attached hydrogen (secondary N) is 1. The summed E-state index contributed by atoms with van der Waals surface area (Å²) in [5.41, 5.74) is 9.19. The van der Waals surface area contributed by atoms with Crippen molar-refractivity contribution in [3.63, 3.8) is 0 Å². The average molecular weight is 363 g/mol. The molecule has 2 heterocycles. The van der Waals surface area contributed by atoms with Gasteiger partial charge in [0.25, 0.3) is 0 Å². The van der Waals surface area contributed by atoms with Crippen molar-refractivity contribution in [2.24, 2.45) is 5.73 Å². The molecule has 7 heteroatoms. The minimum atomic E-state index is -0.348. The van der Waals surface area contributed by atoms with Gasteiger partial charge in [0.05, 0.1) is 18.6 Å². The zero-order chi connectivity index (χ0) is 18.8. The van der Waals surface area contributed by atoms with Crippen LogP contribution in [0.5, 0.6) is 0 Å². The van der Waals surface area contributed by atoms with E-state index >= 15 is 0 Å².